The molecule has 0 spiro atoms. The van der Waals surface area contributed by atoms with E-state index in [1.165, 1.54) is 11.2 Å². The van der Waals surface area contributed by atoms with Crippen molar-refractivity contribution in [2.75, 3.05) is 4.90 Å². The highest BCUT2D eigenvalue weighted by molar-refractivity contribution is 6.78. The number of benzene rings is 1. The van der Waals surface area contributed by atoms with E-state index < -0.39 is 13.8 Å². The molecular formula is C11H7Cl6N3. The molecule has 0 bridgehead atoms. The van der Waals surface area contributed by atoms with Gasteiger partial charge < -0.3 is 0 Å². The predicted molar refractivity (Wildman–Crippen MR) is 89.2 cm³/mol. The van der Waals surface area contributed by atoms with Crippen molar-refractivity contribution in [2.45, 2.75) is 13.8 Å². The van der Waals surface area contributed by atoms with Crippen LogP contribution in [0.4, 0.5) is 5.69 Å². The molecule has 0 N–H and O–H groups in total. The third-order valence-corrected chi connectivity index (χ3v) is 3.53. The maximum atomic E-state index is 5.96. The molecule has 3 nitrogen and oxygen atoms in total. The fourth-order valence-corrected chi connectivity index (χ4v) is 2.57. The van der Waals surface area contributed by atoms with E-state index in [1.54, 1.807) is 24.3 Å². The van der Waals surface area contributed by atoms with E-state index in [0.29, 0.717) is 5.69 Å². The summed E-state index contributed by atoms with van der Waals surface area (Å²) in [5, 5.41) is 0. The molecule has 0 amide bonds. The number of amidine groups is 1. The van der Waals surface area contributed by atoms with Crippen LogP contribution < -0.4 is 4.90 Å². The minimum absolute atomic E-state index is 0.111. The molecule has 2 rings (SSSR count). The lowest BCUT2D eigenvalue weighted by atomic mass is 10.2. The van der Waals surface area contributed by atoms with Crippen LogP contribution in [0.5, 0.6) is 0 Å². The van der Waals surface area contributed by atoms with Gasteiger partial charge in [0, 0.05) is 5.69 Å². The average Bonchev–Trinajstić information content (AvgIpc) is 2.37. The Bertz CT molecular complexity index is 531. The van der Waals surface area contributed by atoms with E-state index in [4.69, 9.17) is 69.6 Å². The van der Waals surface area contributed by atoms with Gasteiger partial charge in [-0.3, -0.25) is 4.90 Å². The van der Waals surface area contributed by atoms with Crippen LogP contribution in [0.25, 0.3) is 0 Å². The van der Waals surface area contributed by atoms with Crippen molar-refractivity contribution in [3.05, 3.63) is 30.3 Å². The van der Waals surface area contributed by atoms with Crippen molar-refractivity contribution >= 4 is 87.5 Å². The number of hydrogen-bond donors (Lipinski definition) is 0. The van der Waals surface area contributed by atoms with Gasteiger partial charge in [-0.1, -0.05) is 87.8 Å². The van der Waals surface area contributed by atoms with Crippen molar-refractivity contribution in [2.24, 2.45) is 9.98 Å². The molecule has 108 valence electrons. The zero-order valence-corrected chi connectivity index (χ0v) is 14.2. The minimum atomic E-state index is -1.78. The van der Waals surface area contributed by atoms with Crippen molar-refractivity contribution in [1.82, 2.24) is 0 Å². The van der Waals surface area contributed by atoms with E-state index in [-0.39, 0.29) is 5.84 Å². The summed E-state index contributed by atoms with van der Waals surface area (Å²) in [5.74, 6) is 0.111. The van der Waals surface area contributed by atoms with Gasteiger partial charge in [0.2, 0.25) is 7.59 Å². The first kappa shape index (κ1) is 16.5. The van der Waals surface area contributed by atoms with Crippen LogP contribution in [0.15, 0.2) is 40.3 Å². The quantitative estimate of drug-likeness (QED) is 0.617. The van der Waals surface area contributed by atoms with Crippen molar-refractivity contribution in [3.8, 4) is 0 Å². The van der Waals surface area contributed by atoms with Gasteiger partial charge >= 0.3 is 0 Å². The van der Waals surface area contributed by atoms with E-state index >= 15 is 0 Å². The molecule has 0 saturated carbocycles. The molecule has 1 aliphatic heterocycles. The van der Waals surface area contributed by atoms with E-state index in [0.717, 1.165) is 0 Å². The Morgan fingerprint density at radius 1 is 0.950 bits per heavy atom. The summed E-state index contributed by atoms with van der Waals surface area (Å²) >= 11 is 35.7. The number of aliphatic imine (C=N–C) groups is 2. The summed E-state index contributed by atoms with van der Waals surface area (Å²) in [7, 11) is 0. The maximum Gasteiger partial charge on any atom is 0.248 e. The lowest BCUT2D eigenvalue weighted by Crippen LogP contribution is -2.52. The summed E-state index contributed by atoms with van der Waals surface area (Å²) < 4.78 is -3.50. The molecule has 20 heavy (non-hydrogen) atoms. The summed E-state index contributed by atoms with van der Waals surface area (Å²) in [6, 6.07) is 9.00. The molecule has 0 aromatic heterocycles. The number of rotatable bonds is 1. The highest BCUT2D eigenvalue weighted by Gasteiger charge is 2.45. The second-order valence-electron chi connectivity index (χ2n) is 3.84. The Kier molecular flexibility index (Phi) is 5.00. The number of alkyl halides is 6. The van der Waals surface area contributed by atoms with Gasteiger partial charge in [0.25, 0.3) is 0 Å². The van der Waals surface area contributed by atoms with E-state index in [2.05, 4.69) is 9.98 Å². The molecule has 0 radical (unpaired) electrons. The Hall–Kier alpha value is 0.1000. The third kappa shape index (κ3) is 3.65. The normalized spacial score (nSPS) is 20.0. The van der Waals surface area contributed by atoms with Gasteiger partial charge in [-0.05, 0) is 12.1 Å². The number of nitrogens with zero attached hydrogens (tertiary/aromatic N) is 3. The van der Waals surface area contributed by atoms with Crippen molar-refractivity contribution in [3.63, 3.8) is 0 Å². The zero-order chi connectivity index (χ0) is 15.0. The zero-order valence-electron chi connectivity index (χ0n) is 9.65. The summed E-state index contributed by atoms with van der Waals surface area (Å²) in [6.45, 7) is 0. The molecule has 0 fully saturated rings. The maximum absolute atomic E-state index is 5.96. The van der Waals surface area contributed by atoms with Gasteiger partial charge in [-0.15, -0.1) is 0 Å². The predicted octanol–water partition coefficient (Wildman–Crippen LogP) is 5.00. The van der Waals surface area contributed by atoms with Crippen LogP contribution >= 0.6 is 69.6 Å². The van der Waals surface area contributed by atoms with Gasteiger partial charge in [0.15, 0.2) is 12.0 Å². The first-order valence-corrected chi connectivity index (χ1v) is 7.55. The van der Waals surface area contributed by atoms with E-state index in [1.807, 2.05) is 6.07 Å². The highest BCUT2D eigenvalue weighted by Crippen LogP contribution is 2.41. The average molecular weight is 394 g/mol. The molecule has 1 unspecified atom stereocenters. The minimum Gasteiger partial charge on any atom is -0.299 e. The summed E-state index contributed by atoms with van der Waals surface area (Å²) in [5.41, 5.74) is 0.644. The Morgan fingerprint density at radius 3 is 2.05 bits per heavy atom. The third-order valence-electron chi connectivity index (χ3n) is 2.44. The Morgan fingerprint density at radius 2 is 1.55 bits per heavy atom. The van der Waals surface area contributed by atoms with Gasteiger partial charge in [-0.25, -0.2) is 9.98 Å². The fourth-order valence-electron chi connectivity index (χ4n) is 1.69. The molecule has 1 aromatic carbocycles. The standard InChI is InChI=1S/C11H7Cl6N3/c12-10(13,14)8-18-6-19-9(11(15,16)17)20(8)7-4-2-1-3-5-7/h1-6,8H. The monoisotopic (exact) mass is 391 g/mol. The van der Waals surface area contributed by atoms with Crippen LogP contribution in [-0.4, -0.2) is 25.9 Å². The van der Waals surface area contributed by atoms with Gasteiger partial charge in [-0.2, -0.15) is 0 Å². The van der Waals surface area contributed by atoms with Crippen LogP contribution in [0.1, 0.15) is 0 Å². The molecular weight excluding hydrogens is 387 g/mol. The molecule has 1 aliphatic rings. The van der Waals surface area contributed by atoms with Crippen LogP contribution in [0, 0.1) is 0 Å². The molecule has 1 atom stereocenters. The van der Waals surface area contributed by atoms with E-state index in [9.17, 15) is 0 Å². The fraction of sp³-hybridized carbons (Fsp3) is 0.273. The molecule has 0 aliphatic carbocycles. The van der Waals surface area contributed by atoms with Crippen LogP contribution in [0.3, 0.4) is 0 Å². The number of halogens is 6. The number of anilines is 1. The lowest BCUT2D eigenvalue weighted by Gasteiger charge is -2.38. The highest BCUT2D eigenvalue weighted by atomic mass is 35.6. The SMILES string of the molecule is ClC(Cl)(Cl)C1=NC=NC(C(Cl)(Cl)Cl)N1c1ccccc1. The number of hydrogen-bond acceptors (Lipinski definition) is 3. The first-order chi connectivity index (χ1) is 9.21. The van der Waals surface area contributed by atoms with Crippen LogP contribution in [-0.2, 0) is 0 Å². The van der Waals surface area contributed by atoms with Crippen molar-refractivity contribution in [1.29, 1.82) is 0 Å². The molecule has 0 saturated heterocycles. The van der Waals surface area contributed by atoms with Crippen molar-refractivity contribution < 1.29 is 0 Å². The largest absolute Gasteiger partial charge is 0.299 e. The van der Waals surface area contributed by atoms with Gasteiger partial charge in [0.1, 0.15) is 6.34 Å². The Labute approximate surface area is 146 Å². The first-order valence-electron chi connectivity index (χ1n) is 5.29. The van der Waals surface area contributed by atoms with Crippen LogP contribution in [0.2, 0.25) is 0 Å². The topological polar surface area (TPSA) is 28.0 Å². The Balaban J connectivity index is 2.53. The van der Waals surface area contributed by atoms with Gasteiger partial charge in [0.05, 0.1) is 0 Å². The summed E-state index contributed by atoms with van der Waals surface area (Å²) in [6.07, 6.45) is 0.321. The number of para-hydroxylation sites is 1. The summed E-state index contributed by atoms with van der Waals surface area (Å²) in [4.78, 5) is 9.55. The molecule has 1 heterocycles. The lowest BCUT2D eigenvalue weighted by molar-refractivity contribution is 0.703. The second-order valence-corrected chi connectivity index (χ2v) is 8.49. The molecule has 1 aromatic rings. The second kappa shape index (κ2) is 6.07. The smallest absolute Gasteiger partial charge is 0.248 e. The molecule has 9 heteroatoms.